The van der Waals surface area contributed by atoms with E-state index in [2.05, 4.69) is 21.2 Å². The van der Waals surface area contributed by atoms with Crippen LogP contribution in [0.2, 0.25) is 0 Å². The fourth-order valence-corrected chi connectivity index (χ4v) is 4.05. The number of benzene rings is 1. The van der Waals surface area contributed by atoms with E-state index in [0.29, 0.717) is 12.3 Å². The van der Waals surface area contributed by atoms with Crippen LogP contribution < -0.4 is 5.32 Å². The molecule has 102 valence electrons. The lowest BCUT2D eigenvalue weighted by molar-refractivity contribution is -0.117. The summed E-state index contributed by atoms with van der Waals surface area (Å²) in [4.78, 5) is 12.1. The molecule has 2 aliphatic rings. The van der Waals surface area contributed by atoms with Gasteiger partial charge < -0.3 is 5.32 Å². The summed E-state index contributed by atoms with van der Waals surface area (Å²) in [6.45, 7) is 2.04. The summed E-state index contributed by atoms with van der Waals surface area (Å²) in [5, 5.41) is 3.04. The maximum Gasteiger partial charge on any atom is 0.224 e. The average molecular weight is 322 g/mol. The van der Waals surface area contributed by atoms with Crippen molar-refractivity contribution in [3.63, 3.8) is 0 Å². The van der Waals surface area contributed by atoms with Gasteiger partial charge in [-0.15, -0.1) is 0 Å². The highest BCUT2D eigenvalue weighted by Gasteiger charge is 2.40. The number of amides is 1. The first-order chi connectivity index (χ1) is 9.11. The zero-order valence-electron chi connectivity index (χ0n) is 11.3. The molecule has 2 aliphatic carbocycles. The standard InChI is InChI=1S/C16H20BrNO/c1-10-6-14(4-5-15(10)17)18-16(19)9-13-8-11-2-3-12(13)7-11/h4-6,11-13H,2-3,7-9H2,1H3,(H,18,19)/t11-,12+,13+/m0/s1. The Hall–Kier alpha value is -0.830. The molecule has 0 spiro atoms. The molecule has 1 amide bonds. The van der Waals surface area contributed by atoms with Gasteiger partial charge in [0.25, 0.3) is 0 Å². The van der Waals surface area contributed by atoms with Crippen molar-refractivity contribution in [2.24, 2.45) is 17.8 Å². The SMILES string of the molecule is Cc1cc(NC(=O)C[C@H]2C[C@H]3CC[C@@H]2C3)ccc1Br. The minimum absolute atomic E-state index is 0.180. The minimum atomic E-state index is 0.180. The van der Waals surface area contributed by atoms with Crippen molar-refractivity contribution >= 4 is 27.5 Å². The molecule has 3 atom stereocenters. The highest BCUT2D eigenvalue weighted by Crippen LogP contribution is 2.49. The van der Waals surface area contributed by atoms with E-state index >= 15 is 0 Å². The molecule has 1 aromatic rings. The molecule has 0 unspecified atom stereocenters. The summed E-state index contributed by atoms with van der Waals surface area (Å²) in [7, 11) is 0. The van der Waals surface area contributed by atoms with E-state index in [0.717, 1.165) is 27.6 Å². The monoisotopic (exact) mass is 321 g/mol. The first-order valence-electron chi connectivity index (χ1n) is 7.18. The molecule has 0 radical (unpaired) electrons. The fourth-order valence-electron chi connectivity index (χ4n) is 3.80. The normalized spacial score (nSPS) is 28.6. The molecule has 0 heterocycles. The van der Waals surface area contributed by atoms with E-state index in [1.807, 2.05) is 25.1 Å². The Morgan fingerprint density at radius 1 is 1.37 bits per heavy atom. The second kappa shape index (κ2) is 5.28. The second-order valence-corrected chi connectivity index (χ2v) is 7.01. The predicted molar refractivity (Wildman–Crippen MR) is 81.1 cm³/mol. The van der Waals surface area contributed by atoms with Crippen LogP contribution in [-0.2, 0) is 4.79 Å². The summed E-state index contributed by atoms with van der Waals surface area (Å²) in [6.07, 6.45) is 6.10. The highest BCUT2D eigenvalue weighted by molar-refractivity contribution is 9.10. The number of fused-ring (bicyclic) bond motifs is 2. The summed E-state index contributed by atoms with van der Waals surface area (Å²) in [5.74, 6) is 2.55. The summed E-state index contributed by atoms with van der Waals surface area (Å²) in [5.41, 5.74) is 2.06. The zero-order chi connectivity index (χ0) is 13.4. The van der Waals surface area contributed by atoms with Crippen LogP contribution in [0.15, 0.2) is 22.7 Å². The molecule has 1 aromatic carbocycles. The van der Waals surface area contributed by atoms with Crippen LogP contribution in [-0.4, -0.2) is 5.91 Å². The molecule has 3 rings (SSSR count). The first-order valence-corrected chi connectivity index (χ1v) is 7.97. The van der Waals surface area contributed by atoms with Crippen molar-refractivity contribution in [2.75, 3.05) is 5.32 Å². The van der Waals surface area contributed by atoms with E-state index in [4.69, 9.17) is 0 Å². The van der Waals surface area contributed by atoms with E-state index < -0.39 is 0 Å². The highest BCUT2D eigenvalue weighted by atomic mass is 79.9. The fraction of sp³-hybridized carbons (Fsp3) is 0.562. The minimum Gasteiger partial charge on any atom is -0.326 e. The van der Waals surface area contributed by atoms with Gasteiger partial charge in [-0.25, -0.2) is 0 Å². The van der Waals surface area contributed by atoms with Crippen molar-refractivity contribution in [1.29, 1.82) is 0 Å². The van der Waals surface area contributed by atoms with Crippen molar-refractivity contribution in [1.82, 2.24) is 0 Å². The molecule has 1 N–H and O–H groups in total. The second-order valence-electron chi connectivity index (χ2n) is 6.15. The molecule has 2 bridgehead atoms. The van der Waals surface area contributed by atoms with Crippen molar-refractivity contribution in [3.05, 3.63) is 28.2 Å². The number of hydrogen-bond acceptors (Lipinski definition) is 1. The third kappa shape index (κ3) is 2.86. The van der Waals surface area contributed by atoms with E-state index in [9.17, 15) is 4.79 Å². The number of rotatable bonds is 3. The lowest BCUT2D eigenvalue weighted by Gasteiger charge is -2.21. The van der Waals surface area contributed by atoms with E-state index in [1.54, 1.807) is 0 Å². The molecular weight excluding hydrogens is 302 g/mol. The van der Waals surface area contributed by atoms with E-state index in [-0.39, 0.29) is 5.91 Å². The van der Waals surface area contributed by atoms with Gasteiger partial charge in [0.2, 0.25) is 5.91 Å². The lowest BCUT2D eigenvalue weighted by Crippen LogP contribution is -2.20. The third-order valence-electron chi connectivity index (χ3n) is 4.77. The Morgan fingerprint density at radius 2 is 2.21 bits per heavy atom. The summed E-state index contributed by atoms with van der Waals surface area (Å²) in [6, 6.07) is 5.96. The molecule has 0 aliphatic heterocycles. The van der Waals surface area contributed by atoms with Crippen LogP contribution in [0.25, 0.3) is 0 Å². The van der Waals surface area contributed by atoms with Crippen LogP contribution in [0, 0.1) is 24.7 Å². The van der Waals surface area contributed by atoms with Crippen LogP contribution in [0.3, 0.4) is 0 Å². The van der Waals surface area contributed by atoms with Crippen molar-refractivity contribution in [2.45, 2.75) is 39.0 Å². The molecule has 2 nitrogen and oxygen atoms in total. The topological polar surface area (TPSA) is 29.1 Å². The number of carbonyl (C=O) groups excluding carboxylic acids is 1. The molecule has 3 heteroatoms. The number of carbonyl (C=O) groups is 1. The predicted octanol–water partition coefficient (Wildman–Crippen LogP) is 4.52. The Balaban J connectivity index is 1.57. The summed E-state index contributed by atoms with van der Waals surface area (Å²) >= 11 is 3.48. The van der Waals surface area contributed by atoms with Crippen molar-refractivity contribution < 1.29 is 4.79 Å². The molecule has 2 saturated carbocycles. The van der Waals surface area contributed by atoms with Crippen LogP contribution in [0.4, 0.5) is 5.69 Å². The Morgan fingerprint density at radius 3 is 2.84 bits per heavy atom. The van der Waals surface area contributed by atoms with Crippen LogP contribution in [0.5, 0.6) is 0 Å². The number of halogens is 1. The summed E-state index contributed by atoms with van der Waals surface area (Å²) < 4.78 is 1.08. The molecule has 0 aromatic heterocycles. The molecule has 0 saturated heterocycles. The third-order valence-corrected chi connectivity index (χ3v) is 5.66. The van der Waals surface area contributed by atoms with Gasteiger partial charge >= 0.3 is 0 Å². The van der Waals surface area contributed by atoms with Gasteiger partial charge in [0, 0.05) is 16.6 Å². The maximum atomic E-state index is 12.1. The largest absolute Gasteiger partial charge is 0.326 e. The van der Waals surface area contributed by atoms with Crippen LogP contribution in [0.1, 0.15) is 37.7 Å². The first kappa shape index (κ1) is 13.2. The molecule has 19 heavy (non-hydrogen) atoms. The smallest absolute Gasteiger partial charge is 0.224 e. The van der Waals surface area contributed by atoms with E-state index in [1.165, 1.54) is 25.7 Å². The Kier molecular flexibility index (Phi) is 3.66. The van der Waals surface area contributed by atoms with Gasteiger partial charge in [0.05, 0.1) is 0 Å². The average Bonchev–Trinajstić information content (AvgIpc) is 2.96. The van der Waals surface area contributed by atoms with Gasteiger partial charge in [-0.3, -0.25) is 4.79 Å². The Labute approximate surface area is 123 Å². The van der Waals surface area contributed by atoms with Crippen molar-refractivity contribution in [3.8, 4) is 0 Å². The number of anilines is 1. The van der Waals surface area contributed by atoms with Gasteiger partial charge in [-0.05, 0) is 67.7 Å². The maximum absolute atomic E-state index is 12.1. The molecule has 2 fully saturated rings. The van der Waals surface area contributed by atoms with Crippen LogP contribution >= 0.6 is 15.9 Å². The number of aryl methyl sites for hydroxylation is 1. The number of hydrogen-bond donors (Lipinski definition) is 1. The van der Waals surface area contributed by atoms with Gasteiger partial charge in [0.15, 0.2) is 0 Å². The van der Waals surface area contributed by atoms with Gasteiger partial charge in [-0.1, -0.05) is 22.4 Å². The zero-order valence-corrected chi connectivity index (χ0v) is 12.9. The Bertz CT molecular complexity index is 500. The number of nitrogens with one attached hydrogen (secondary N) is 1. The molecular formula is C16H20BrNO. The van der Waals surface area contributed by atoms with Gasteiger partial charge in [0.1, 0.15) is 0 Å². The quantitative estimate of drug-likeness (QED) is 0.871. The van der Waals surface area contributed by atoms with Gasteiger partial charge in [-0.2, -0.15) is 0 Å². The lowest BCUT2D eigenvalue weighted by atomic mass is 9.86.